The van der Waals surface area contributed by atoms with Crippen molar-refractivity contribution >= 4 is 17.6 Å². The summed E-state index contributed by atoms with van der Waals surface area (Å²) in [5.74, 6) is -1.14. The van der Waals surface area contributed by atoms with Crippen LogP contribution in [0.25, 0.3) is 0 Å². The zero-order valence-electron chi connectivity index (χ0n) is 9.45. The molecule has 0 radical (unpaired) electrons. The van der Waals surface area contributed by atoms with E-state index >= 15 is 0 Å². The van der Waals surface area contributed by atoms with Gasteiger partial charge < -0.3 is 5.11 Å². The van der Waals surface area contributed by atoms with Gasteiger partial charge in [-0.15, -0.1) is 0 Å². The zero-order chi connectivity index (χ0) is 13.2. The molecule has 1 N–H and O–H groups in total. The maximum absolute atomic E-state index is 12.6. The second kappa shape index (κ2) is 5.44. The molecule has 1 heterocycles. The molecule has 96 valence electrons. The van der Waals surface area contributed by atoms with E-state index in [1.165, 1.54) is 0 Å². The number of aromatic nitrogens is 2. The van der Waals surface area contributed by atoms with Gasteiger partial charge >= 0.3 is 5.97 Å². The highest BCUT2D eigenvalue weighted by molar-refractivity contribution is 6.32. The summed E-state index contributed by atoms with van der Waals surface area (Å²) >= 11 is 5.74. The fourth-order valence-electron chi connectivity index (χ4n) is 1.34. The van der Waals surface area contributed by atoms with Crippen molar-refractivity contribution in [3.05, 3.63) is 16.4 Å². The van der Waals surface area contributed by atoms with Gasteiger partial charge in [-0.2, -0.15) is 5.10 Å². The first kappa shape index (κ1) is 13.9. The summed E-state index contributed by atoms with van der Waals surface area (Å²) in [6.45, 7) is 4.25. The minimum Gasteiger partial charge on any atom is -0.478 e. The third-order valence-corrected chi connectivity index (χ3v) is 2.64. The highest BCUT2D eigenvalue weighted by atomic mass is 35.5. The molecule has 0 saturated heterocycles. The van der Waals surface area contributed by atoms with Crippen molar-refractivity contribution < 1.29 is 18.7 Å². The van der Waals surface area contributed by atoms with Gasteiger partial charge in [0.1, 0.15) is 16.4 Å². The fraction of sp³-hybridized carbons (Fsp3) is 0.600. The molecule has 17 heavy (non-hydrogen) atoms. The Morgan fingerprint density at radius 1 is 1.53 bits per heavy atom. The second-order valence-electron chi connectivity index (χ2n) is 4.06. The Balaban J connectivity index is 3.08. The van der Waals surface area contributed by atoms with Gasteiger partial charge in [-0.05, 0) is 12.3 Å². The number of rotatable bonds is 5. The van der Waals surface area contributed by atoms with Crippen molar-refractivity contribution in [2.24, 2.45) is 5.92 Å². The number of carboxylic acids is 1. The summed E-state index contributed by atoms with van der Waals surface area (Å²) in [5.41, 5.74) is -1.38. The molecule has 7 heteroatoms. The molecule has 0 atom stereocenters. The smallest absolute Gasteiger partial charge is 0.341 e. The van der Waals surface area contributed by atoms with E-state index in [4.69, 9.17) is 16.7 Å². The molecule has 0 aromatic carbocycles. The van der Waals surface area contributed by atoms with E-state index in [2.05, 4.69) is 5.10 Å². The lowest BCUT2D eigenvalue weighted by Gasteiger charge is -2.05. The Bertz CT molecular complexity index is 419. The zero-order valence-corrected chi connectivity index (χ0v) is 10.2. The Kier molecular flexibility index (Phi) is 4.45. The average molecular weight is 267 g/mol. The van der Waals surface area contributed by atoms with Crippen molar-refractivity contribution in [2.45, 2.75) is 33.2 Å². The summed E-state index contributed by atoms with van der Waals surface area (Å²) in [6.07, 6.45) is -2.26. The van der Waals surface area contributed by atoms with Crippen LogP contribution in [0.15, 0.2) is 0 Å². The van der Waals surface area contributed by atoms with Crippen molar-refractivity contribution in [2.75, 3.05) is 0 Å². The molecule has 4 nitrogen and oxygen atoms in total. The minimum atomic E-state index is -2.95. The van der Waals surface area contributed by atoms with Crippen LogP contribution in [0.3, 0.4) is 0 Å². The number of halogens is 3. The fourth-order valence-corrected chi connectivity index (χ4v) is 1.64. The van der Waals surface area contributed by atoms with Crippen molar-refractivity contribution in [1.82, 2.24) is 9.78 Å². The second-order valence-corrected chi connectivity index (χ2v) is 4.42. The minimum absolute atomic E-state index is 0.242. The molecule has 1 aromatic rings. The maximum atomic E-state index is 12.6. The lowest BCUT2D eigenvalue weighted by atomic mass is 10.1. The van der Waals surface area contributed by atoms with E-state index in [0.29, 0.717) is 18.9 Å². The molecular formula is C10H13ClF2N2O2. The molecule has 0 amide bonds. The van der Waals surface area contributed by atoms with E-state index in [0.717, 1.165) is 4.68 Å². The van der Waals surface area contributed by atoms with Crippen molar-refractivity contribution in [1.29, 1.82) is 0 Å². The van der Waals surface area contributed by atoms with E-state index in [1.807, 2.05) is 13.8 Å². The third kappa shape index (κ3) is 3.15. The lowest BCUT2D eigenvalue weighted by molar-refractivity contribution is 0.0684. The Labute approximate surface area is 102 Å². The molecule has 0 aliphatic rings. The summed E-state index contributed by atoms with van der Waals surface area (Å²) in [7, 11) is 0. The molecule has 0 aliphatic carbocycles. The summed E-state index contributed by atoms with van der Waals surface area (Å²) in [4.78, 5) is 10.8. The number of nitrogens with zero attached hydrogens (tertiary/aromatic N) is 2. The van der Waals surface area contributed by atoms with Gasteiger partial charge in [-0.3, -0.25) is 4.68 Å². The molecule has 1 rings (SSSR count). The number of aromatic carboxylic acids is 1. The Morgan fingerprint density at radius 2 is 2.12 bits per heavy atom. The van der Waals surface area contributed by atoms with E-state index in [1.54, 1.807) is 0 Å². The highest BCUT2D eigenvalue weighted by Gasteiger charge is 2.27. The third-order valence-electron chi connectivity index (χ3n) is 2.26. The van der Waals surface area contributed by atoms with Crippen LogP contribution in [0, 0.1) is 5.92 Å². The highest BCUT2D eigenvalue weighted by Crippen LogP contribution is 2.28. The predicted octanol–water partition coefficient (Wildman–Crippen LogP) is 3.22. The SMILES string of the molecule is CC(C)CCn1nc(C(F)F)c(C(=O)O)c1Cl. The van der Waals surface area contributed by atoms with Crippen LogP contribution in [-0.2, 0) is 6.54 Å². The number of hydrogen-bond acceptors (Lipinski definition) is 2. The van der Waals surface area contributed by atoms with Crippen LogP contribution in [0.5, 0.6) is 0 Å². The van der Waals surface area contributed by atoms with Gasteiger partial charge in [0.25, 0.3) is 6.43 Å². The number of alkyl halides is 2. The topological polar surface area (TPSA) is 55.1 Å². The van der Waals surface area contributed by atoms with Gasteiger partial charge in [-0.1, -0.05) is 25.4 Å². The summed E-state index contributed by atoms with van der Waals surface area (Å²) in [6, 6.07) is 0. The Hall–Kier alpha value is -1.17. The number of aryl methyl sites for hydroxylation is 1. The molecule has 1 aromatic heterocycles. The first-order chi connectivity index (χ1) is 7.84. The van der Waals surface area contributed by atoms with Crippen LogP contribution >= 0.6 is 11.6 Å². The van der Waals surface area contributed by atoms with Crippen LogP contribution < -0.4 is 0 Å². The first-order valence-electron chi connectivity index (χ1n) is 5.12. The molecule has 0 unspecified atom stereocenters. The van der Waals surface area contributed by atoms with Gasteiger partial charge in [0.2, 0.25) is 0 Å². The monoisotopic (exact) mass is 266 g/mol. The van der Waals surface area contributed by atoms with Gasteiger partial charge in [0, 0.05) is 6.54 Å². The molecule has 0 saturated carbocycles. The van der Waals surface area contributed by atoms with Gasteiger partial charge in [0.05, 0.1) is 0 Å². The van der Waals surface area contributed by atoms with E-state index < -0.39 is 23.7 Å². The summed E-state index contributed by atoms with van der Waals surface area (Å²) < 4.78 is 26.3. The number of carboxylic acid groups (broad SMARTS) is 1. The lowest BCUT2D eigenvalue weighted by Crippen LogP contribution is -2.04. The van der Waals surface area contributed by atoms with Crippen LogP contribution in [0.1, 0.15) is 42.7 Å². The normalized spacial score (nSPS) is 11.5. The van der Waals surface area contributed by atoms with E-state index in [-0.39, 0.29) is 5.15 Å². The number of hydrogen-bond donors (Lipinski definition) is 1. The molecule has 0 spiro atoms. The maximum Gasteiger partial charge on any atom is 0.341 e. The molecule has 0 fully saturated rings. The number of carbonyl (C=O) groups is 1. The first-order valence-corrected chi connectivity index (χ1v) is 5.50. The van der Waals surface area contributed by atoms with Crippen LogP contribution in [0.2, 0.25) is 5.15 Å². The van der Waals surface area contributed by atoms with Crippen molar-refractivity contribution in [3.8, 4) is 0 Å². The van der Waals surface area contributed by atoms with Crippen LogP contribution in [-0.4, -0.2) is 20.9 Å². The standard InChI is InChI=1S/C10H13ClF2N2O2/c1-5(2)3-4-15-8(11)6(10(16)17)7(14-15)9(12)13/h5,9H,3-4H2,1-2H3,(H,16,17). The largest absolute Gasteiger partial charge is 0.478 e. The van der Waals surface area contributed by atoms with E-state index in [9.17, 15) is 13.6 Å². The van der Waals surface area contributed by atoms with Crippen LogP contribution in [0.4, 0.5) is 8.78 Å². The van der Waals surface area contributed by atoms with Gasteiger partial charge in [-0.25, -0.2) is 13.6 Å². The quantitative estimate of drug-likeness (QED) is 0.890. The molecular weight excluding hydrogens is 254 g/mol. The summed E-state index contributed by atoms with van der Waals surface area (Å²) in [5, 5.41) is 12.1. The van der Waals surface area contributed by atoms with Crippen molar-refractivity contribution in [3.63, 3.8) is 0 Å². The Morgan fingerprint density at radius 3 is 2.47 bits per heavy atom. The predicted molar refractivity (Wildman–Crippen MR) is 58.6 cm³/mol. The average Bonchev–Trinajstić information content (AvgIpc) is 2.52. The molecule has 0 bridgehead atoms. The van der Waals surface area contributed by atoms with Gasteiger partial charge in [0.15, 0.2) is 0 Å². The molecule has 0 aliphatic heterocycles.